The summed E-state index contributed by atoms with van der Waals surface area (Å²) in [5.74, 6) is 0. The van der Waals surface area contributed by atoms with Crippen molar-refractivity contribution in [1.29, 1.82) is 0 Å². The number of aliphatic hydroxyl groups is 1. The number of aromatic nitrogens is 3. The summed E-state index contributed by atoms with van der Waals surface area (Å²) >= 11 is 5.94. The highest BCUT2D eigenvalue weighted by atomic mass is 35.5. The van der Waals surface area contributed by atoms with E-state index in [4.69, 9.17) is 11.6 Å². The second kappa shape index (κ2) is 8.25. The van der Waals surface area contributed by atoms with E-state index in [9.17, 15) is 5.11 Å². The maximum Gasteiger partial charge on any atom is 0.117 e. The van der Waals surface area contributed by atoms with Crippen molar-refractivity contribution in [3.05, 3.63) is 70.9 Å². The monoisotopic (exact) mass is 356 g/mol. The topological polar surface area (TPSA) is 63.0 Å². The van der Waals surface area contributed by atoms with Crippen molar-refractivity contribution in [3.63, 3.8) is 0 Å². The minimum Gasteiger partial charge on any atom is -0.392 e. The van der Waals surface area contributed by atoms with Gasteiger partial charge in [0.1, 0.15) is 11.4 Å². The van der Waals surface area contributed by atoms with Gasteiger partial charge in [0.05, 0.1) is 12.6 Å². The number of nitrogens with one attached hydrogen (secondary N) is 1. The van der Waals surface area contributed by atoms with Crippen molar-refractivity contribution in [2.24, 2.45) is 0 Å². The highest BCUT2D eigenvalue weighted by Gasteiger charge is 2.13. The van der Waals surface area contributed by atoms with Crippen LogP contribution in [0.5, 0.6) is 0 Å². The van der Waals surface area contributed by atoms with Crippen molar-refractivity contribution in [2.45, 2.75) is 26.1 Å². The molecule has 25 heavy (non-hydrogen) atoms. The summed E-state index contributed by atoms with van der Waals surface area (Å²) in [5.41, 5.74) is 3.83. The molecule has 0 fully saturated rings. The normalized spacial score (nSPS) is 12.3. The third-order valence-electron chi connectivity index (χ3n) is 3.74. The second-order valence-electron chi connectivity index (χ2n) is 6.00. The molecule has 2 N–H and O–H groups in total. The van der Waals surface area contributed by atoms with E-state index in [0.717, 1.165) is 22.5 Å². The predicted octanol–water partition coefficient (Wildman–Crippen LogP) is 3.12. The lowest BCUT2D eigenvalue weighted by molar-refractivity contribution is 0.191. The molecule has 0 radical (unpaired) electrons. The first-order chi connectivity index (χ1) is 12.1. The Labute approximate surface area is 152 Å². The summed E-state index contributed by atoms with van der Waals surface area (Å²) in [4.78, 5) is 1.70. The number of aliphatic hydroxyl groups excluding tert-OH is 1. The maximum atomic E-state index is 9.42. The van der Waals surface area contributed by atoms with E-state index in [-0.39, 0.29) is 0 Å². The Bertz CT molecular complexity index is 800. The molecule has 130 valence electrons. The fourth-order valence-corrected chi connectivity index (χ4v) is 2.67. The average molecular weight is 357 g/mol. The Morgan fingerprint density at radius 2 is 1.80 bits per heavy atom. The van der Waals surface area contributed by atoms with E-state index in [1.807, 2.05) is 54.6 Å². The fourth-order valence-electron chi connectivity index (χ4n) is 2.54. The van der Waals surface area contributed by atoms with Gasteiger partial charge in [0.25, 0.3) is 0 Å². The summed E-state index contributed by atoms with van der Waals surface area (Å²) in [6.45, 7) is 3.39. The summed E-state index contributed by atoms with van der Waals surface area (Å²) < 4.78 is 0. The SMILES string of the molecule is C[C@@H](O)CNCc1nn(Cc2ccc(Cl)cc2)nc1-c1ccccc1. The number of hydrogen-bond donors (Lipinski definition) is 2. The first-order valence-corrected chi connectivity index (χ1v) is 8.62. The molecule has 5 nitrogen and oxygen atoms in total. The second-order valence-corrected chi connectivity index (χ2v) is 6.43. The Morgan fingerprint density at radius 3 is 2.48 bits per heavy atom. The van der Waals surface area contributed by atoms with Crippen LogP contribution in [-0.4, -0.2) is 32.7 Å². The van der Waals surface area contributed by atoms with Crippen LogP contribution < -0.4 is 5.32 Å². The molecule has 3 rings (SSSR count). The smallest absolute Gasteiger partial charge is 0.117 e. The largest absolute Gasteiger partial charge is 0.392 e. The van der Waals surface area contributed by atoms with Crippen molar-refractivity contribution >= 4 is 11.6 Å². The lowest BCUT2D eigenvalue weighted by atomic mass is 10.1. The lowest BCUT2D eigenvalue weighted by Gasteiger charge is -2.05. The molecular formula is C19H21ClN4O. The molecular weight excluding hydrogens is 336 g/mol. The Kier molecular flexibility index (Phi) is 5.81. The lowest BCUT2D eigenvalue weighted by Crippen LogP contribution is -2.24. The van der Waals surface area contributed by atoms with Gasteiger partial charge >= 0.3 is 0 Å². The van der Waals surface area contributed by atoms with Crippen LogP contribution in [0.3, 0.4) is 0 Å². The molecule has 0 amide bonds. The van der Waals surface area contributed by atoms with Crippen LogP contribution in [0.2, 0.25) is 5.02 Å². The maximum absolute atomic E-state index is 9.42. The number of halogens is 1. The minimum atomic E-state index is -0.399. The Balaban J connectivity index is 1.84. The van der Waals surface area contributed by atoms with Crippen molar-refractivity contribution < 1.29 is 5.11 Å². The molecule has 3 aromatic rings. The highest BCUT2D eigenvalue weighted by Crippen LogP contribution is 2.20. The number of nitrogens with zero attached hydrogens (tertiary/aromatic N) is 3. The predicted molar refractivity (Wildman–Crippen MR) is 99.4 cm³/mol. The molecule has 1 aromatic heterocycles. The first kappa shape index (κ1) is 17.6. The average Bonchev–Trinajstić information content (AvgIpc) is 3.00. The van der Waals surface area contributed by atoms with E-state index < -0.39 is 6.10 Å². The molecule has 0 aliphatic heterocycles. The van der Waals surface area contributed by atoms with Crippen LogP contribution in [0.15, 0.2) is 54.6 Å². The first-order valence-electron chi connectivity index (χ1n) is 8.24. The molecule has 0 saturated heterocycles. The molecule has 0 unspecified atom stereocenters. The molecule has 6 heteroatoms. The van der Waals surface area contributed by atoms with Crippen molar-refractivity contribution in [1.82, 2.24) is 20.3 Å². The summed E-state index contributed by atoms with van der Waals surface area (Å²) in [5, 5.41) is 22.6. The number of benzene rings is 2. The van der Waals surface area contributed by atoms with Crippen LogP contribution >= 0.6 is 11.6 Å². The van der Waals surface area contributed by atoms with E-state index in [2.05, 4.69) is 15.5 Å². The van der Waals surface area contributed by atoms with E-state index in [1.54, 1.807) is 11.7 Å². The molecule has 1 atom stereocenters. The van der Waals surface area contributed by atoms with Gasteiger partial charge in [0.15, 0.2) is 0 Å². The van der Waals surface area contributed by atoms with E-state index in [1.165, 1.54) is 0 Å². The van der Waals surface area contributed by atoms with Crippen LogP contribution in [0.25, 0.3) is 11.3 Å². The fraction of sp³-hybridized carbons (Fsp3) is 0.263. The minimum absolute atomic E-state index is 0.399. The van der Waals surface area contributed by atoms with Crippen LogP contribution in [-0.2, 0) is 13.1 Å². The van der Waals surface area contributed by atoms with Gasteiger partial charge in [-0.2, -0.15) is 15.0 Å². The van der Waals surface area contributed by atoms with Crippen molar-refractivity contribution in [3.8, 4) is 11.3 Å². The molecule has 2 aromatic carbocycles. The van der Waals surface area contributed by atoms with Crippen LogP contribution in [0.4, 0.5) is 0 Å². The van der Waals surface area contributed by atoms with Gasteiger partial charge in [-0.1, -0.05) is 54.1 Å². The molecule has 0 aliphatic rings. The van der Waals surface area contributed by atoms with E-state index in [0.29, 0.717) is 24.7 Å². The van der Waals surface area contributed by atoms with Gasteiger partial charge in [0.2, 0.25) is 0 Å². The molecule has 0 saturated carbocycles. The number of rotatable bonds is 7. The Hall–Kier alpha value is -2.21. The van der Waals surface area contributed by atoms with E-state index >= 15 is 0 Å². The summed E-state index contributed by atoms with van der Waals surface area (Å²) in [6, 6.07) is 17.7. The van der Waals surface area contributed by atoms with Gasteiger partial charge in [-0.15, -0.1) is 0 Å². The third-order valence-corrected chi connectivity index (χ3v) is 3.99. The van der Waals surface area contributed by atoms with Gasteiger partial charge in [-0.05, 0) is 24.6 Å². The van der Waals surface area contributed by atoms with Crippen LogP contribution in [0, 0.1) is 0 Å². The van der Waals surface area contributed by atoms with Gasteiger partial charge in [-0.25, -0.2) is 0 Å². The quantitative estimate of drug-likeness (QED) is 0.682. The summed E-state index contributed by atoms with van der Waals surface area (Å²) in [6.07, 6.45) is -0.399. The zero-order valence-corrected chi connectivity index (χ0v) is 14.8. The summed E-state index contributed by atoms with van der Waals surface area (Å²) in [7, 11) is 0. The molecule has 0 bridgehead atoms. The van der Waals surface area contributed by atoms with Gasteiger partial charge in [-0.3, -0.25) is 0 Å². The molecule has 1 heterocycles. The zero-order chi connectivity index (χ0) is 17.6. The Morgan fingerprint density at radius 1 is 1.08 bits per heavy atom. The standard InChI is InChI=1S/C19H21ClN4O/c1-14(25)11-21-12-18-19(16-5-3-2-4-6-16)23-24(22-18)13-15-7-9-17(20)10-8-15/h2-10,14,21,25H,11-13H2,1H3/t14-/m1/s1. The third kappa shape index (κ3) is 4.89. The van der Waals surface area contributed by atoms with Crippen LogP contribution in [0.1, 0.15) is 18.2 Å². The molecule has 0 spiro atoms. The van der Waals surface area contributed by atoms with Crippen molar-refractivity contribution in [2.75, 3.05) is 6.54 Å². The molecule has 0 aliphatic carbocycles. The zero-order valence-electron chi connectivity index (χ0n) is 14.1. The van der Waals surface area contributed by atoms with Gasteiger partial charge in [0, 0.05) is 23.7 Å². The number of hydrogen-bond acceptors (Lipinski definition) is 4. The highest BCUT2D eigenvalue weighted by molar-refractivity contribution is 6.30. The van der Waals surface area contributed by atoms with Gasteiger partial charge < -0.3 is 10.4 Å².